The van der Waals surface area contributed by atoms with Gasteiger partial charge in [-0.1, -0.05) is 6.07 Å². The van der Waals surface area contributed by atoms with Crippen LogP contribution in [0.2, 0.25) is 0 Å². The Kier molecular flexibility index (Phi) is 3.35. The van der Waals surface area contributed by atoms with E-state index >= 15 is 0 Å². The molecule has 17 heavy (non-hydrogen) atoms. The summed E-state index contributed by atoms with van der Waals surface area (Å²) in [5.74, 6) is 0.260. The molecule has 0 fully saturated rings. The average molecular weight is 233 g/mol. The average Bonchev–Trinajstić information content (AvgIpc) is 2.29. The summed E-state index contributed by atoms with van der Waals surface area (Å²) in [5, 5.41) is 9.54. The maximum Gasteiger partial charge on any atom is 0.225 e. The molecule has 2 rings (SSSR count). The second-order valence-corrected chi connectivity index (χ2v) is 3.63. The van der Waals surface area contributed by atoms with E-state index in [9.17, 15) is 9.50 Å². The van der Waals surface area contributed by atoms with Gasteiger partial charge in [-0.2, -0.15) is 0 Å². The molecule has 1 aromatic carbocycles. The summed E-state index contributed by atoms with van der Waals surface area (Å²) in [7, 11) is 0. The molecule has 4 heteroatoms. The minimum Gasteiger partial charge on any atom is -0.439 e. The van der Waals surface area contributed by atoms with Gasteiger partial charge in [0, 0.05) is 17.8 Å². The molecule has 1 heterocycles. The van der Waals surface area contributed by atoms with E-state index in [-0.39, 0.29) is 11.7 Å². The van der Waals surface area contributed by atoms with E-state index in [0.29, 0.717) is 11.3 Å². The molecule has 0 bridgehead atoms. The molecule has 0 spiro atoms. The van der Waals surface area contributed by atoms with Gasteiger partial charge in [-0.05, 0) is 31.2 Å². The zero-order valence-electron chi connectivity index (χ0n) is 9.30. The van der Waals surface area contributed by atoms with Gasteiger partial charge in [-0.25, -0.2) is 9.37 Å². The Morgan fingerprint density at radius 3 is 2.82 bits per heavy atom. The van der Waals surface area contributed by atoms with Crippen LogP contribution in [0.3, 0.4) is 0 Å². The number of aliphatic hydroxyl groups is 1. The fourth-order valence-electron chi connectivity index (χ4n) is 1.45. The van der Waals surface area contributed by atoms with Crippen LogP contribution in [0.15, 0.2) is 42.6 Å². The molecule has 1 aromatic heterocycles. The third kappa shape index (κ3) is 2.79. The van der Waals surface area contributed by atoms with Gasteiger partial charge in [-0.15, -0.1) is 0 Å². The standard InChI is InChI=1S/C13H12FNO2/c1-9(16)12-6-3-7-15-13(12)17-11-5-2-4-10(14)8-11/h2-9,16H,1H3/t9-/m0/s1. The van der Waals surface area contributed by atoms with Crippen molar-refractivity contribution in [2.24, 2.45) is 0 Å². The number of halogens is 1. The van der Waals surface area contributed by atoms with Crippen molar-refractivity contribution in [2.75, 3.05) is 0 Å². The lowest BCUT2D eigenvalue weighted by atomic mass is 10.2. The van der Waals surface area contributed by atoms with Gasteiger partial charge < -0.3 is 9.84 Å². The van der Waals surface area contributed by atoms with E-state index in [2.05, 4.69) is 4.98 Å². The van der Waals surface area contributed by atoms with Gasteiger partial charge in [0.15, 0.2) is 0 Å². The summed E-state index contributed by atoms with van der Waals surface area (Å²) in [6.45, 7) is 1.62. The maximum atomic E-state index is 13.0. The highest BCUT2D eigenvalue weighted by atomic mass is 19.1. The summed E-state index contributed by atoms with van der Waals surface area (Å²) in [6.07, 6.45) is 0.868. The Bertz CT molecular complexity index is 514. The van der Waals surface area contributed by atoms with E-state index in [1.165, 1.54) is 12.1 Å². The molecule has 2 aromatic rings. The number of hydrogen-bond acceptors (Lipinski definition) is 3. The fraction of sp³-hybridized carbons (Fsp3) is 0.154. The van der Waals surface area contributed by atoms with E-state index in [0.717, 1.165) is 0 Å². The van der Waals surface area contributed by atoms with Gasteiger partial charge in [0.2, 0.25) is 5.88 Å². The largest absolute Gasteiger partial charge is 0.439 e. The second kappa shape index (κ2) is 4.93. The molecular formula is C13H12FNO2. The van der Waals surface area contributed by atoms with Gasteiger partial charge in [0.25, 0.3) is 0 Å². The summed E-state index contributed by atoms with van der Waals surface area (Å²) in [4.78, 5) is 4.02. The minimum atomic E-state index is -0.688. The first-order valence-electron chi connectivity index (χ1n) is 5.23. The molecule has 1 atom stereocenters. The number of aromatic nitrogens is 1. The monoisotopic (exact) mass is 233 g/mol. The molecule has 3 nitrogen and oxygen atoms in total. The predicted molar refractivity (Wildman–Crippen MR) is 61.3 cm³/mol. The van der Waals surface area contributed by atoms with Crippen LogP contribution in [0.1, 0.15) is 18.6 Å². The van der Waals surface area contributed by atoms with E-state index in [1.54, 1.807) is 37.4 Å². The van der Waals surface area contributed by atoms with Crippen LogP contribution in [0.5, 0.6) is 11.6 Å². The molecule has 88 valence electrons. The van der Waals surface area contributed by atoms with E-state index < -0.39 is 6.10 Å². The predicted octanol–water partition coefficient (Wildman–Crippen LogP) is 3.07. The molecule has 0 saturated heterocycles. The topological polar surface area (TPSA) is 42.4 Å². The first kappa shape index (κ1) is 11.5. The molecule has 0 unspecified atom stereocenters. The highest BCUT2D eigenvalue weighted by Crippen LogP contribution is 2.27. The fourth-order valence-corrected chi connectivity index (χ4v) is 1.45. The van der Waals surface area contributed by atoms with Gasteiger partial charge in [-0.3, -0.25) is 0 Å². The Balaban J connectivity index is 2.30. The van der Waals surface area contributed by atoms with Crippen molar-refractivity contribution >= 4 is 0 Å². The zero-order valence-corrected chi connectivity index (χ0v) is 9.30. The zero-order chi connectivity index (χ0) is 12.3. The summed E-state index contributed by atoms with van der Waals surface area (Å²) in [5.41, 5.74) is 0.566. The van der Waals surface area contributed by atoms with Crippen molar-refractivity contribution in [1.29, 1.82) is 0 Å². The highest BCUT2D eigenvalue weighted by molar-refractivity contribution is 5.33. The number of aliphatic hydroxyl groups excluding tert-OH is 1. The number of nitrogens with zero attached hydrogens (tertiary/aromatic N) is 1. The Morgan fingerprint density at radius 2 is 2.12 bits per heavy atom. The molecule has 0 aliphatic rings. The van der Waals surface area contributed by atoms with Gasteiger partial charge in [0.1, 0.15) is 11.6 Å². The summed E-state index contributed by atoms with van der Waals surface area (Å²) >= 11 is 0. The first-order valence-corrected chi connectivity index (χ1v) is 5.23. The van der Waals surface area contributed by atoms with Crippen LogP contribution >= 0.6 is 0 Å². The van der Waals surface area contributed by atoms with Crippen molar-refractivity contribution in [3.8, 4) is 11.6 Å². The third-order valence-electron chi connectivity index (χ3n) is 2.26. The Labute approximate surface area is 98.5 Å². The Hall–Kier alpha value is -1.94. The maximum absolute atomic E-state index is 13.0. The van der Waals surface area contributed by atoms with E-state index in [4.69, 9.17) is 4.74 Å². The van der Waals surface area contributed by atoms with Crippen molar-refractivity contribution in [3.05, 3.63) is 54.0 Å². The molecule has 0 aliphatic carbocycles. The van der Waals surface area contributed by atoms with Crippen LogP contribution in [-0.4, -0.2) is 10.1 Å². The number of ether oxygens (including phenoxy) is 1. The minimum absolute atomic E-state index is 0.285. The van der Waals surface area contributed by atoms with E-state index in [1.807, 2.05) is 0 Å². The summed E-state index contributed by atoms with van der Waals surface area (Å²) in [6, 6.07) is 9.20. The van der Waals surface area contributed by atoms with Crippen LogP contribution in [0.25, 0.3) is 0 Å². The van der Waals surface area contributed by atoms with Crippen LogP contribution in [0, 0.1) is 5.82 Å². The lowest BCUT2D eigenvalue weighted by Crippen LogP contribution is -1.98. The smallest absolute Gasteiger partial charge is 0.225 e. The van der Waals surface area contributed by atoms with Crippen LogP contribution in [0.4, 0.5) is 4.39 Å². The number of pyridine rings is 1. The SMILES string of the molecule is C[C@H](O)c1cccnc1Oc1cccc(F)c1. The third-order valence-corrected chi connectivity index (χ3v) is 2.26. The van der Waals surface area contributed by atoms with Gasteiger partial charge in [0.05, 0.1) is 6.10 Å². The van der Waals surface area contributed by atoms with Crippen molar-refractivity contribution in [2.45, 2.75) is 13.0 Å². The lowest BCUT2D eigenvalue weighted by Gasteiger charge is -2.11. The quantitative estimate of drug-likeness (QED) is 0.885. The highest BCUT2D eigenvalue weighted by Gasteiger charge is 2.10. The second-order valence-electron chi connectivity index (χ2n) is 3.63. The molecule has 0 aliphatic heterocycles. The Morgan fingerprint density at radius 1 is 1.29 bits per heavy atom. The molecule has 0 radical (unpaired) electrons. The lowest BCUT2D eigenvalue weighted by molar-refractivity contribution is 0.194. The van der Waals surface area contributed by atoms with Crippen LogP contribution < -0.4 is 4.74 Å². The first-order chi connectivity index (χ1) is 8.16. The van der Waals surface area contributed by atoms with Crippen molar-refractivity contribution in [1.82, 2.24) is 4.98 Å². The number of benzene rings is 1. The molecular weight excluding hydrogens is 221 g/mol. The molecule has 0 saturated carbocycles. The molecule has 0 amide bonds. The number of rotatable bonds is 3. The van der Waals surface area contributed by atoms with Crippen molar-refractivity contribution < 1.29 is 14.2 Å². The molecule has 1 N–H and O–H groups in total. The van der Waals surface area contributed by atoms with Gasteiger partial charge >= 0.3 is 0 Å². The van der Waals surface area contributed by atoms with Crippen molar-refractivity contribution in [3.63, 3.8) is 0 Å². The number of hydrogen-bond donors (Lipinski definition) is 1. The van der Waals surface area contributed by atoms with Crippen LogP contribution in [-0.2, 0) is 0 Å². The summed E-state index contributed by atoms with van der Waals surface area (Å²) < 4.78 is 18.4. The normalized spacial score (nSPS) is 12.2.